The first kappa shape index (κ1) is 48.7. The van der Waals surface area contributed by atoms with Gasteiger partial charge in [-0.1, -0.05) is 116 Å². The highest BCUT2D eigenvalue weighted by molar-refractivity contribution is 6.34. The topological polar surface area (TPSA) is 133 Å². The quantitative estimate of drug-likeness (QED) is 0.0454. The number of aromatic hydroxyl groups is 2. The zero-order valence-corrected chi connectivity index (χ0v) is 40.2. The molecular weight excluding hydrogens is 821 g/mol. The number of carbonyl (C=O) groups excluding carboxylic acids is 4. The van der Waals surface area contributed by atoms with Gasteiger partial charge in [0.25, 0.3) is 11.8 Å². The van der Waals surface area contributed by atoms with Crippen LogP contribution in [0.4, 0.5) is 11.4 Å². The normalized spacial score (nSPS) is 19.3. The zero-order valence-electron chi connectivity index (χ0n) is 40.2. The standard InChI is InChI=1S/C58H74N2O6/c1-5-9-13-15-37-19-23-39(24-20-37)41-27-31-43(32-28-41)57(65)59-47-35-45(17-11-7-3)53(61)51-49(47)55(63)50-48(36-46(18-12-8-4)54(62)52(50)56(51)64)60-58(66)44-33-29-42(30-34-44)40-25-21-38(22-26-40)16-14-10-6-2/h27-40,61-62H,5-26H2,1-4H3,(H,59,65)(H,60,66). The molecule has 2 amide bonds. The van der Waals surface area contributed by atoms with Crippen LogP contribution in [0.15, 0.2) is 60.7 Å². The third-order valence-corrected chi connectivity index (χ3v) is 15.2. The molecule has 66 heavy (non-hydrogen) atoms. The number of rotatable bonds is 20. The van der Waals surface area contributed by atoms with Gasteiger partial charge in [-0.2, -0.15) is 0 Å². The second-order valence-electron chi connectivity index (χ2n) is 19.8. The van der Waals surface area contributed by atoms with Gasteiger partial charge in [-0.15, -0.1) is 0 Å². The van der Waals surface area contributed by atoms with Crippen molar-refractivity contribution >= 4 is 34.8 Å². The summed E-state index contributed by atoms with van der Waals surface area (Å²) in [5, 5.41) is 29.5. The van der Waals surface area contributed by atoms with Gasteiger partial charge in [0.15, 0.2) is 5.78 Å². The Balaban J connectivity index is 1.16. The number of fused-ring (bicyclic) bond motifs is 2. The number of benzene rings is 4. The number of nitrogens with one attached hydrogen (secondary N) is 2. The molecule has 0 spiro atoms. The highest BCUT2D eigenvalue weighted by Gasteiger charge is 2.40. The molecule has 2 fully saturated rings. The van der Waals surface area contributed by atoms with E-state index in [2.05, 4.69) is 24.5 Å². The van der Waals surface area contributed by atoms with Crippen LogP contribution in [0.5, 0.6) is 11.5 Å². The Morgan fingerprint density at radius 3 is 1.18 bits per heavy atom. The first-order chi connectivity index (χ1) is 32.1. The Hall–Kier alpha value is -5.24. The van der Waals surface area contributed by atoms with Crippen molar-refractivity contribution < 1.29 is 29.4 Å². The number of phenolic OH excluding ortho intramolecular Hbond substituents is 2. The monoisotopic (exact) mass is 895 g/mol. The van der Waals surface area contributed by atoms with Crippen LogP contribution in [0.1, 0.15) is 243 Å². The summed E-state index contributed by atoms with van der Waals surface area (Å²) in [5.41, 5.74) is 3.50. The van der Waals surface area contributed by atoms with Gasteiger partial charge in [0.1, 0.15) is 11.5 Å². The van der Waals surface area contributed by atoms with E-state index in [9.17, 15) is 24.6 Å². The average molecular weight is 895 g/mol. The summed E-state index contributed by atoms with van der Waals surface area (Å²) in [4.78, 5) is 58.0. The summed E-state index contributed by atoms with van der Waals surface area (Å²) in [6, 6.07) is 18.6. The number of carbonyl (C=O) groups is 4. The van der Waals surface area contributed by atoms with Crippen LogP contribution < -0.4 is 10.6 Å². The Labute approximate surface area is 393 Å². The molecule has 2 saturated carbocycles. The molecule has 0 aliphatic heterocycles. The highest BCUT2D eigenvalue weighted by Crippen LogP contribution is 2.46. The number of anilines is 2. The van der Waals surface area contributed by atoms with E-state index in [-0.39, 0.29) is 45.1 Å². The molecule has 3 aliphatic rings. The molecule has 8 heteroatoms. The SMILES string of the molecule is CCCCCC1CCC(c2ccc(C(=O)Nc3cc(CCCC)c(O)c4c3C(=O)c3c(NC(=O)c5ccc(C6CCC(CCCCC)CC6)cc5)cc(CCCC)c(O)c3C4=O)cc2)CC1. The molecule has 0 saturated heterocycles. The van der Waals surface area contributed by atoms with E-state index in [1.165, 1.54) is 88.2 Å². The largest absolute Gasteiger partial charge is 0.507 e. The lowest BCUT2D eigenvalue weighted by Gasteiger charge is -2.29. The lowest BCUT2D eigenvalue weighted by atomic mass is 9.77. The molecule has 4 aromatic rings. The van der Waals surface area contributed by atoms with Gasteiger partial charge in [-0.05, 0) is 159 Å². The molecule has 7 rings (SSSR count). The summed E-state index contributed by atoms with van der Waals surface area (Å²) < 4.78 is 0. The number of hydrogen-bond acceptors (Lipinski definition) is 6. The van der Waals surface area contributed by atoms with Gasteiger partial charge in [0, 0.05) is 11.1 Å². The van der Waals surface area contributed by atoms with Gasteiger partial charge in [0.2, 0.25) is 5.78 Å². The van der Waals surface area contributed by atoms with Crippen molar-refractivity contribution in [2.24, 2.45) is 11.8 Å². The molecule has 352 valence electrons. The summed E-state index contributed by atoms with van der Waals surface area (Å²) in [6.45, 7) is 8.54. The summed E-state index contributed by atoms with van der Waals surface area (Å²) in [5.74, 6) is -0.456. The van der Waals surface area contributed by atoms with Crippen LogP contribution in [-0.2, 0) is 12.8 Å². The van der Waals surface area contributed by atoms with E-state index in [4.69, 9.17) is 0 Å². The maximum Gasteiger partial charge on any atom is 0.255 e. The predicted molar refractivity (Wildman–Crippen MR) is 267 cm³/mol. The van der Waals surface area contributed by atoms with Gasteiger partial charge in [0.05, 0.1) is 33.6 Å². The van der Waals surface area contributed by atoms with Gasteiger partial charge < -0.3 is 20.8 Å². The summed E-state index contributed by atoms with van der Waals surface area (Å²) >= 11 is 0. The third-order valence-electron chi connectivity index (χ3n) is 15.2. The van der Waals surface area contributed by atoms with Crippen LogP contribution in [-0.4, -0.2) is 33.6 Å². The maximum atomic E-state index is 15.0. The van der Waals surface area contributed by atoms with Crippen molar-refractivity contribution in [3.05, 3.63) is 116 Å². The molecule has 4 N–H and O–H groups in total. The zero-order chi connectivity index (χ0) is 46.7. The Morgan fingerprint density at radius 2 is 0.833 bits per heavy atom. The minimum atomic E-state index is -0.730. The first-order valence-corrected chi connectivity index (χ1v) is 25.8. The maximum absolute atomic E-state index is 15.0. The molecule has 4 aromatic carbocycles. The van der Waals surface area contributed by atoms with Crippen molar-refractivity contribution in [2.75, 3.05) is 10.6 Å². The molecule has 3 aliphatic carbocycles. The Morgan fingerprint density at radius 1 is 0.485 bits per heavy atom. The van der Waals surface area contributed by atoms with E-state index in [1.807, 2.05) is 62.4 Å². The van der Waals surface area contributed by atoms with Gasteiger partial charge in [-0.3, -0.25) is 19.2 Å². The number of hydrogen-bond donors (Lipinski definition) is 4. The number of unbranched alkanes of at least 4 members (excludes halogenated alkanes) is 6. The number of aryl methyl sites for hydroxylation is 2. The third kappa shape index (κ3) is 11.1. The number of amides is 2. The minimum absolute atomic E-state index is 0.103. The fourth-order valence-corrected chi connectivity index (χ4v) is 11.1. The summed E-state index contributed by atoms with van der Waals surface area (Å²) in [7, 11) is 0. The van der Waals surface area contributed by atoms with E-state index < -0.39 is 23.4 Å². The fraction of sp³-hybridized carbons (Fsp3) is 0.517. The first-order valence-electron chi connectivity index (χ1n) is 25.8. The summed E-state index contributed by atoms with van der Waals surface area (Å²) in [6.07, 6.45) is 23.7. The molecule has 0 atom stereocenters. The van der Waals surface area contributed by atoms with Crippen molar-refractivity contribution in [3.8, 4) is 11.5 Å². The van der Waals surface area contributed by atoms with E-state index in [1.54, 1.807) is 12.1 Å². The molecule has 0 bridgehead atoms. The molecule has 0 heterocycles. The molecule has 0 unspecified atom stereocenters. The lowest BCUT2D eigenvalue weighted by molar-refractivity contribution is 0.0973. The number of ketones is 2. The Bertz CT molecular complexity index is 2170. The second-order valence-corrected chi connectivity index (χ2v) is 19.8. The van der Waals surface area contributed by atoms with Crippen LogP contribution in [0.2, 0.25) is 0 Å². The van der Waals surface area contributed by atoms with Crippen LogP contribution in [0, 0.1) is 11.8 Å². The molecule has 0 aromatic heterocycles. The van der Waals surface area contributed by atoms with Crippen molar-refractivity contribution in [1.82, 2.24) is 0 Å². The molecular formula is C58H74N2O6. The van der Waals surface area contributed by atoms with Crippen LogP contribution >= 0.6 is 0 Å². The van der Waals surface area contributed by atoms with E-state index >= 15 is 4.79 Å². The van der Waals surface area contributed by atoms with Crippen LogP contribution in [0.25, 0.3) is 0 Å². The minimum Gasteiger partial charge on any atom is -0.507 e. The molecule has 0 radical (unpaired) electrons. The van der Waals surface area contributed by atoms with E-state index in [0.29, 0.717) is 59.8 Å². The molecule has 8 nitrogen and oxygen atoms in total. The van der Waals surface area contributed by atoms with Gasteiger partial charge >= 0.3 is 0 Å². The number of phenols is 2. The van der Waals surface area contributed by atoms with Crippen molar-refractivity contribution in [1.29, 1.82) is 0 Å². The lowest BCUT2D eigenvalue weighted by Crippen LogP contribution is -2.27. The van der Waals surface area contributed by atoms with Crippen molar-refractivity contribution in [3.63, 3.8) is 0 Å². The highest BCUT2D eigenvalue weighted by atomic mass is 16.3. The predicted octanol–water partition coefficient (Wildman–Crippen LogP) is 14.8. The van der Waals surface area contributed by atoms with Gasteiger partial charge in [-0.25, -0.2) is 0 Å². The van der Waals surface area contributed by atoms with Crippen molar-refractivity contribution in [2.45, 2.75) is 181 Å². The average Bonchev–Trinajstić information content (AvgIpc) is 3.33. The smallest absolute Gasteiger partial charge is 0.255 e. The van der Waals surface area contributed by atoms with Crippen LogP contribution in [0.3, 0.4) is 0 Å². The van der Waals surface area contributed by atoms with E-state index in [0.717, 1.165) is 50.4 Å². The second kappa shape index (κ2) is 23.0. The fourth-order valence-electron chi connectivity index (χ4n) is 11.1. The Kier molecular flexibility index (Phi) is 17.0.